The molecular formula is C19H21N3O5S. The maximum atomic E-state index is 12.9. The van der Waals surface area contributed by atoms with E-state index in [9.17, 15) is 23.3 Å². The van der Waals surface area contributed by atoms with Crippen molar-refractivity contribution >= 4 is 27.3 Å². The van der Waals surface area contributed by atoms with E-state index in [-0.39, 0.29) is 22.8 Å². The van der Waals surface area contributed by atoms with Crippen LogP contribution in [0.2, 0.25) is 0 Å². The molecule has 0 fully saturated rings. The molecule has 0 saturated heterocycles. The largest absolute Gasteiger partial charge is 0.336 e. The summed E-state index contributed by atoms with van der Waals surface area (Å²) in [5.74, 6) is -0.342. The molecule has 2 aromatic rings. The zero-order chi connectivity index (χ0) is 20.5. The predicted octanol–water partition coefficient (Wildman–Crippen LogP) is 2.25. The highest BCUT2D eigenvalue weighted by atomic mass is 32.2. The highest BCUT2D eigenvalue weighted by Crippen LogP contribution is 2.30. The van der Waals surface area contributed by atoms with E-state index in [0.717, 1.165) is 16.1 Å². The molecule has 1 amide bonds. The van der Waals surface area contributed by atoms with E-state index in [1.54, 1.807) is 4.90 Å². The maximum Gasteiger partial charge on any atom is 0.274 e. The molecule has 0 aromatic heterocycles. The zero-order valence-corrected chi connectivity index (χ0v) is 16.5. The lowest BCUT2D eigenvalue weighted by Gasteiger charge is -2.31. The summed E-state index contributed by atoms with van der Waals surface area (Å²) in [5, 5.41) is 11.2. The van der Waals surface area contributed by atoms with E-state index in [4.69, 9.17) is 0 Å². The fourth-order valence-corrected chi connectivity index (χ4v) is 4.29. The molecule has 9 heteroatoms. The highest BCUT2D eigenvalue weighted by Gasteiger charge is 2.29. The Morgan fingerprint density at radius 3 is 2.50 bits per heavy atom. The number of hydrogen-bond acceptors (Lipinski definition) is 5. The lowest BCUT2D eigenvalue weighted by atomic mass is 10.00. The third-order valence-electron chi connectivity index (χ3n) is 4.90. The van der Waals surface area contributed by atoms with Crippen LogP contribution in [0.3, 0.4) is 0 Å². The summed E-state index contributed by atoms with van der Waals surface area (Å²) in [7, 11) is -3.81. The van der Waals surface area contributed by atoms with Gasteiger partial charge in [-0.1, -0.05) is 30.3 Å². The van der Waals surface area contributed by atoms with Crippen LogP contribution in [-0.2, 0) is 27.8 Å². The average Bonchev–Trinajstić information content (AvgIpc) is 2.65. The molecule has 0 radical (unpaired) electrons. The van der Waals surface area contributed by atoms with Crippen LogP contribution in [0.25, 0.3) is 0 Å². The Bertz CT molecular complexity index is 1040. The van der Waals surface area contributed by atoms with E-state index < -0.39 is 21.5 Å². The first kappa shape index (κ1) is 19.8. The summed E-state index contributed by atoms with van der Waals surface area (Å²) >= 11 is 0. The molecule has 0 bridgehead atoms. The molecule has 8 nitrogen and oxygen atoms in total. The quantitative estimate of drug-likeness (QED) is 0.563. The van der Waals surface area contributed by atoms with Crippen LogP contribution in [0.15, 0.2) is 42.5 Å². The Hall–Kier alpha value is -2.94. The molecule has 0 aliphatic carbocycles. The van der Waals surface area contributed by atoms with Gasteiger partial charge in [0.15, 0.2) is 0 Å². The number of carbonyl (C=O) groups excluding carboxylic acids is 1. The van der Waals surface area contributed by atoms with E-state index in [2.05, 4.69) is 0 Å². The van der Waals surface area contributed by atoms with Crippen LogP contribution in [-0.4, -0.2) is 43.5 Å². The second-order valence-corrected chi connectivity index (χ2v) is 8.69. The van der Waals surface area contributed by atoms with Gasteiger partial charge >= 0.3 is 0 Å². The lowest BCUT2D eigenvalue weighted by Crippen LogP contribution is -2.44. The third-order valence-corrected chi connectivity index (χ3v) is 6.03. The standard InChI is InChI=1S/C19H21N3O5S/c1-14-17(8-5-9-18(14)22(24)25)21(28(2,26)27)13-19(23)20-11-10-15-6-3-4-7-16(15)12-20/h3-9H,10-13H2,1-2H3. The van der Waals surface area contributed by atoms with E-state index >= 15 is 0 Å². The molecule has 2 aromatic carbocycles. The van der Waals surface area contributed by atoms with Crippen molar-refractivity contribution in [2.45, 2.75) is 19.9 Å². The fraction of sp³-hybridized carbons (Fsp3) is 0.316. The van der Waals surface area contributed by atoms with Crippen LogP contribution in [0, 0.1) is 17.0 Å². The number of amides is 1. The van der Waals surface area contributed by atoms with Gasteiger partial charge in [0.1, 0.15) is 6.54 Å². The molecule has 0 atom stereocenters. The molecule has 0 saturated carbocycles. The summed E-state index contributed by atoms with van der Waals surface area (Å²) < 4.78 is 25.7. The van der Waals surface area contributed by atoms with Crippen molar-refractivity contribution in [3.63, 3.8) is 0 Å². The minimum Gasteiger partial charge on any atom is -0.336 e. The van der Waals surface area contributed by atoms with Gasteiger partial charge in [-0.15, -0.1) is 0 Å². The van der Waals surface area contributed by atoms with Gasteiger partial charge in [0.25, 0.3) is 5.69 Å². The second-order valence-electron chi connectivity index (χ2n) is 6.78. The normalized spacial score (nSPS) is 13.7. The molecule has 148 valence electrons. The average molecular weight is 403 g/mol. The van der Waals surface area contributed by atoms with Crippen molar-refractivity contribution in [1.82, 2.24) is 4.90 Å². The number of nitro benzene ring substituents is 1. The van der Waals surface area contributed by atoms with Gasteiger partial charge in [0, 0.05) is 19.2 Å². The van der Waals surface area contributed by atoms with E-state index in [0.29, 0.717) is 19.5 Å². The second kappa shape index (κ2) is 7.59. The van der Waals surface area contributed by atoms with Gasteiger partial charge in [0.2, 0.25) is 15.9 Å². The molecule has 1 heterocycles. The summed E-state index contributed by atoms with van der Waals surface area (Å²) in [4.78, 5) is 25.1. The first-order valence-corrected chi connectivity index (χ1v) is 10.6. The van der Waals surface area contributed by atoms with Crippen molar-refractivity contribution in [2.75, 3.05) is 23.7 Å². The Balaban J connectivity index is 1.88. The van der Waals surface area contributed by atoms with Gasteiger partial charge in [-0.05, 0) is 30.5 Å². The number of carbonyl (C=O) groups is 1. The summed E-state index contributed by atoms with van der Waals surface area (Å²) in [6.07, 6.45) is 1.70. The Labute approximate surface area is 163 Å². The molecule has 28 heavy (non-hydrogen) atoms. The molecule has 3 rings (SSSR count). The van der Waals surface area contributed by atoms with Gasteiger partial charge in [-0.25, -0.2) is 8.42 Å². The van der Waals surface area contributed by atoms with Gasteiger partial charge < -0.3 is 4.90 Å². The lowest BCUT2D eigenvalue weighted by molar-refractivity contribution is -0.385. The number of rotatable bonds is 5. The molecular weight excluding hydrogens is 382 g/mol. The number of fused-ring (bicyclic) bond motifs is 1. The Morgan fingerprint density at radius 1 is 1.18 bits per heavy atom. The van der Waals surface area contributed by atoms with Crippen molar-refractivity contribution in [2.24, 2.45) is 0 Å². The van der Waals surface area contributed by atoms with Crippen molar-refractivity contribution in [3.8, 4) is 0 Å². The van der Waals surface area contributed by atoms with Gasteiger partial charge in [0.05, 0.1) is 22.4 Å². The molecule has 1 aliphatic rings. The molecule has 0 unspecified atom stereocenters. The van der Waals surface area contributed by atoms with E-state index in [1.807, 2.05) is 24.3 Å². The van der Waals surface area contributed by atoms with Crippen molar-refractivity contribution in [1.29, 1.82) is 0 Å². The van der Waals surface area contributed by atoms with Crippen molar-refractivity contribution in [3.05, 3.63) is 69.3 Å². The highest BCUT2D eigenvalue weighted by molar-refractivity contribution is 7.92. The zero-order valence-electron chi connectivity index (χ0n) is 15.7. The number of anilines is 1. The van der Waals surface area contributed by atoms with Crippen LogP contribution >= 0.6 is 0 Å². The van der Waals surface area contributed by atoms with Gasteiger partial charge in [-0.3, -0.25) is 19.2 Å². The van der Waals surface area contributed by atoms with Crippen molar-refractivity contribution < 1.29 is 18.1 Å². The first-order valence-electron chi connectivity index (χ1n) is 8.74. The SMILES string of the molecule is Cc1c(N(CC(=O)N2CCc3ccccc3C2)S(C)(=O)=O)cccc1[N+](=O)[O-]. The molecule has 0 spiro atoms. The van der Waals surface area contributed by atoms with Crippen LogP contribution < -0.4 is 4.31 Å². The van der Waals surface area contributed by atoms with E-state index in [1.165, 1.54) is 30.7 Å². The maximum absolute atomic E-state index is 12.9. The molecule has 1 aliphatic heterocycles. The summed E-state index contributed by atoms with van der Waals surface area (Å²) in [6.45, 7) is 2.00. The summed E-state index contributed by atoms with van der Waals surface area (Å²) in [5.41, 5.74) is 2.38. The smallest absolute Gasteiger partial charge is 0.274 e. The van der Waals surface area contributed by atoms with Crippen LogP contribution in [0.4, 0.5) is 11.4 Å². The molecule has 0 N–H and O–H groups in total. The minimum absolute atomic E-state index is 0.141. The van der Waals surface area contributed by atoms with Crippen LogP contribution in [0.1, 0.15) is 16.7 Å². The van der Waals surface area contributed by atoms with Crippen LogP contribution in [0.5, 0.6) is 0 Å². The fourth-order valence-electron chi connectivity index (χ4n) is 3.39. The predicted molar refractivity (Wildman–Crippen MR) is 106 cm³/mol. The summed E-state index contributed by atoms with van der Waals surface area (Å²) in [6, 6.07) is 12.0. The number of nitrogens with zero attached hydrogens (tertiary/aromatic N) is 3. The number of nitro groups is 1. The monoisotopic (exact) mass is 403 g/mol. The number of benzene rings is 2. The minimum atomic E-state index is -3.81. The Morgan fingerprint density at radius 2 is 1.86 bits per heavy atom. The third kappa shape index (κ3) is 3.99. The first-order chi connectivity index (χ1) is 13.2. The topological polar surface area (TPSA) is 101 Å². The number of sulfonamides is 1. The Kier molecular flexibility index (Phi) is 5.37. The van der Waals surface area contributed by atoms with Gasteiger partial charge in [-0.2, -0.15) is 0 Å². The number of hydrogen-bond donors (Lipinski definition) is 0.